The number of benzene rings is 1. The number of piperazine rings is 1. The number of hydrogen-bond acceptors (Lipinski definition) is 7. The first-order chi connectivity index (χ1) is 14.7. The van der Waals surface area contributed by atoms with Crippen LogP contribution >= 0.6 is 0 Å². The molecule has 1 fully saturated rings. The summed E-state index contributed by atoms with van der Waals surface area (Å²) >= 11 is 0. The highest BCUT2D eigenvalue weighted by molar-refractivity contribution is 5.91. The summed E-state index contributed by atoms with van der Waals surface area (Å²) in [6.45, 7) is 2.07. The minimum Gasteiger partial charge on any atom is -0.497 e. The molecule has 3 aromatic rings. The van der Waals surface area contributed by atoms with Crippen molar-refractivity contribution in [2.24, 2.45) is 0 Å². The third-order valence-corrected chi connectivity index (χ3v) is 4.83. The van der Waals surface area contributed by atoms with Crippen LogP contribution in [0.2, 0.25) is 0 Å². The fourth-order valence-electron chi connectivity index (χ4n) is 3.27. The van der Waals surface area contributed by atoms with Crippen LogP contribution in [0.3, 0.4) is 0 Å². The topological polar surface area (TPSA) is 95.7 Å². The summed E-state index contributed by atoms with van der Waals surface area (Å²) in [5.74, 6) is 1.71. The van der Waals surface area contributed by atoms with E-state index >= 15 is 0 Å². The molecule has 30 heavy (non-hydrogen) atoms. The molecule has 4 rings (SSSR count). The molecule has 152 valence electrons. The number of amides is 1. The first-order valence-electron chi connectivity index (χ1n) is 9.48. The van der Waals surface area contributed by atoms with E-state index in [1.54, 1.807) is 30.2 Å². The van der Waals surface area contributed by atoms with E-state index in [-0.39, 0.29) is 11.6 Å². The molecular formula is C22H20N4O4. The van der Waals surface area contributed by atoms with Crippen molar-refractivity contribution < 1.29 is 18.4 Å². The normalized spacial score (nSPS) is 14.1. The van der Waals surface area contributed by atoms with Gasteiger partial charge < -0.3 is 23.4 Å². The van der Waals surface area contributed by atoms with Crippen LogP contribution in [0.15, 0.2) is 51.5 Å². The van der Waals surface area contributed by atoms with Gasteiger partial charge >= 0.3 is 0 Å². The fourth-order valence-corrected chi connectivity index (χ4v) is 3.27. The smallest absolute Gasteiger partial charge is 0.289 e. The lowest BCUT2D eigenvalue weighted by atomic mass is 10.2. The van der Waals surface area contributed by atoms with Gasteiger partial charge in [-0.3, -0.25) is 4.79 Å². The van der Waals surface area contributed by atoms with Gasteiger partial charge in [-0.15, -0.1) is 0 Å². The number of ether oxygens (including phenoxy) is 1. The second kappa shape index (κ2) is 8.57. The number of anilines is 1. The Bertz CT molecular complexity index is 1090. The van der Waals surface area contributed by atoms with Crippen LogP contribution in [0.25, 0.3) is 12.2 Å². The summed E-state index contributed by atoms with van der Waals surface area (Å²) in [6, 6.07) is 13.0. The van der Waals surface area contributed by atoms with Crippen LogP contribution in [0, 0.1) is 11.3 Å². The molecule has 0 saturated carbocycles. The fraction of sp³-hybridized carbons (Fsp3) is 0.227. The van der Waals surface area contributed by atoms with Crippen molar-refractivity contribution in [2.75, 3.05) is 38.2 Å². The molecule has 8 heteroatoms. The van der Waals surface area contributed by atoms with Gasteiger partial charge in [-0.2, -0.15) is 10.2 Å². The molecule has 0 bridgehead atoms. The average Bonchev–Trinajstić information content (AvgIpc) is 3.47. The van der Waals surface area contributed by atoms with Crippen molar-refractivity contribution in [1.82, 2.24) is 9.88 Å². The van der Waals surface area contributed by atoms with Gasteiger partial charge in [0.2, 0.25) is 17.5 Å². The summed E-state index contributed by atoms with van der Waals surface area (Å²) in [5, 5.41) is 9.46. The van der Waals surface area contributed by atoms with Gasteiger partial charge in [0.25, 0.3) is 5.91 Å². The Labute approximate surface area is 173 Å². The van der Waals surface area contributed by atoms with Gasteiger partial charge in [0.1, 0.15) is 11.8 Å². The Balaban J connectivity index is 1.45. The summed E-state index contributed by atoms with van der Waals surface area (Å²) in [5.41, 5.74) is 1.16. The van der Waals surface area contributed by atoms with E-state index in [2.05, 4.69) is 11.1 Å². The molecular weight excluding hydrogens is 384 g/mol. The van der Waals surface area contributed by atoms with E-state index in [1.807, 2.05) is 35.2 Å². The van der Waals surface area contributed by atoms with E-state index in [0.717, 1.165) is 11.3 Å². The zero-order chi connectivity index (χ0) is 20.9. The third kappa shape index (κ3) is 4.05. The van der Waals surface area contributed by atoms with Crippen LogP contribution in [-0.4, -0.2) is 49.1 Å². The summed E-state index contributed by atoms with van der Waals surface area (Å²) in [7, 11) is 1.62. The van der Waals surface area contributed by atoms with Crippen molar-refractivity contribution in [2.45, 2.75) is 0 Å². The lowest BCUT2D eigenvalue weighted by Gasteiger charge is -2.34. The zero-order valence-electron chi connectivity index (χ0n) is 16.4. The molecule has 1 amide bonds. The minimum atomic E-state index is -0.139. The van der Waals surface area contributed by atoms with Gasteiger partial charge in [-0.05, 0) is 35.9 Å². The first-order valence-corrected chi connectivity index (χ1v) is 9.48. The molecule has 0 radical (unpaired) electrons. The molecule has 0 atom stereocenters. The third-order valence-electron chi connectivity index (χ3n) is 4.83. The summed E-state index contributed by atoms with van der Waals surface area (Å²) < 4.78 is 16.2. The van der Waals surface area contributed by atoms with Gasteiger partial charge in [-0.1, -0.05) is 12.1 Å². The maximum atomic E-state index is 12.4. The number of carbonyl (C=O) groups is 1. The van der Waals surface area contributed by atoms with Crippen molar-refractivity contribution in [3.05, 3.63) is 65.6 Å². The van der Waals surface area contributed by atoms with E-state index in [1.165, 1.54) is 6.26 Å². The lowest BCUT2D eigenvalue weighted by molar-refractivity contribution is 0.0713. The number of carbonyl (C=O) groups excluding carboxylic acids is 1. The highest BCUT2D eigenvalue weighted by atomic mass is 16.5. The Kier molecular flexibility index (Phi) is 5.52. The summed E-state index contributed by atoms with van der Waals surface area (Å²) in [4.78, 5) is 20.3. The number of hydrogen-bond donors (Lipinski definition) is 0. The number of oxazole rings is 1. The van der Waals surface area contributed by atoms with Gasteiger partial charge in [0.15, 0.2) is 5.76 Å². The number of furan rings is 1. The Morgan fingerprint density at radius 2 is 2.03 bits per heavy atom. The van der Waals surface area contributed by atoms with Crippen LogP contribution in [0.1, 0.15) is 27.7 Å². The van der Waals surface area contributed by atoms with Crippen LogP contribution < -0.4 is 9.64 Å². The average molecular weight is 404 g/mol. The Morgan fingerprint density at radius 3 is 2.73 bits per heavy atom. The molecule has 1 aromatic carbocycles. The molecule has 1 saturated heterocycles. The summed E-state index contributed by atoms with van der Waals surface area (Å²) in [6.07, 6.45) is 5.05. The van der Waals surface area contributed by atoms with E-state index in [4.69, 9.17) is 13.6 Å². The maximum absolute atomic E-state index is 12.4. The molecule has 0 aliphatic carbocycles. The minimum absolute atomic E-state index is 0.139. The number of nitriles is 1. The number of methoxy groups -OCH3 is 1. The number of rotatable bonds is 5. The highest BCUT2D eigenvalue weighted by Gasteiger charge is 2.27. The molecule has 8 nitrogen and oxygen atoms in total. The van der Waals surface area contributed by atoms with Crippen molar-refractivity contribution in [3.8, 4) is 11.8 Å². The molecule has 0 unspecified atom stereocenters. The quantitative estimate of drug-likeness (QED) is 0.644. The van der Waals surface area contributed by atoms with Crippen LogP contribution in [0.4, 0.5) is 5.88 Å². The van der Waals surface area contributed by atoms with Crippen LogP contribution in [-0.2, 0) is 0 Å². The monoisotopic (exact) mass is 404 g/mol. The zero-order valence-corrected chi connectivity index (χ0v) is 16.4. The molecule has 0 N–H and O–H groups in total. The Hall–Kier alpha value is -3.99. The van der Waals surface area contributed by atoms with Gasteiger partial charge in [-0.25, -0.2) is 0 Å². The Morgan fingerprint density at radius 1 is 1.20 bits per heavy atom. The first kappa shape index (κ1) is 19.3. The molecule has 1 aliphatic heterocycles. The SMILES string of the molecule is COc1cccc(C=Cc2nc(C#N)c(N3CCN(C(=O)c4ccco4)CC3)o2)c1. The maximum Gasteiger partial charge on any atom is 0.289 e. The lowest BCUT2D eigenvalue weighted by Crippen LogP contribution is -2.48. The van der Waals surface area contributed by atoms with E-state index in [0.29, 0.717) is 43.7 Å². The number of aromatic nitrogens is 1. The highest BCUT2D eigenvalue weighted by Crippen LogP contribution is 2.25. The standard InChI is InChI=1S/C22H20N4O4/c1-28-17-5-2-4-16(14-17)7-8-20-24-18(15-23)22(30-20)26-11-9-25(10-12-26)21(27)19-6-3-13-29-19/h2-8,13-14H,9-12H2,1H3. The number of nitrogens with zero attached hydrogens (tertiary/aromatic N) is 4. The van der Waals surface area contributed by atoms with Gasteiger partial charge in [0, 0.05) is 32.3 Å². The van der Waals surface area contributed by atoms with E-state index in [9.17, 15) is 10.1 Å². The van der Waals surface area contributed by atoms with Crippen LogP contribution in [0.5, 0.6) is 5.75 Å². The second-order valence-electron chi connectivity index (χ2n) is 6.68. The van der Waals surface area contributed by atoms with E-state index < -0.39 is 0 Å². The molecule has 2 aromatic heterocycles. The van der Waals surface area contributed by atoms with Crippen molar-refractivity contribution >= 4 is 23.9 Å². The largest absolute Gasteiger partial charge is 0.497 e. The molecule has 3 heterocycles. The van der Waals surface area contributed by atoms with Crippen molar-refractivity contribution in [3.63, 3.8) is 0 Å². The second-order valence-corrected chi connectivity index (χ2v) is 6.68. The predicted octanol–water partition coefficient (Wildman–Crippen LogP) is 3.28. The predicted molar refractivity (Wildman–Crippen MR) is 110 cm³/mol. The molecule has 1 aliphatic rings. The van der Waals surface area contributed by atoms with Crippen molar-refractivity contribution in [1.29, 1.82) is 5.26 Å². The molecule has 0 spiro atoms. The van der Waals surface area contributed by atoms with Gasteiger partial charge in [0.05, 0.1) is 13.4 Å².